The lowest BCUT2D eigenvalue weighted by atomic mass is 9.79. The second-order valence-electron chi connectivity index (χ2n) is 4.94. The number of aliphatic hydroxyl groups is 1. The Bertz CT molecular complexity index is 440. The summed E-state index contributed by atoms with van der Waals surface area (Å²) < 4.78 is 0. The molecule has 0 saturated heterocycles. The molecular formula is C16H24N2O3. The van der Waals surface area contributed by atoms with E-state index < -0.39 is 23.8 Å². The maximum absolute atomic E-state index is 12.5. The maximum atomic E-state index is 12.5. The first-order valence-electron chi connectivity index (χ1n) is 7.36. The van der Waals surface area contributed by atoms with E-state index in [1.807, 2.05) is 13.8 Å². The quantitative estimate of drug-likeness (QED) is 0.625. The van der Waals surface area contributed by atoms with Crippen LogP contribution in [0.25, 0.3) is 0 Å². The lowest BCUT2D eigenvalue weighted by Gasteiger charge is -2.29. The molecule has 116 valence electrons. The molecule has 0 aliphatic rings. The first-order valence-corrected chi connectivity index (χ1v) is 7.36. The lowest BCUT2D eigenvalue weighted by molar-refractivity contribution is -0.139. The van der Waals surface area contributed by atoms with Gasteiger partial charge in [0, 0.05) is 13.1 Å². The van der Waals surface area contributed by atoms with Crippen molar-refractivity contribution < 1.29 is 14.7 Å². The highest BCUT2D eigenvalue weighted by Crippen LogP contribution is 2.25. The van der Waals surface area contributed by atoms with E-state index in [9.17, 15) is 14.7 Å². The molecule has 3 N–H and O–H groups in total. The Morgan fingerprint density at radius 2 is 1.48 bits per heavy atom. The Hall–Kier alpha value is -1.88. The van der Waals surface area contributed by atoms with Crippen molar-refractivity contribution in [2.24, 2.45) is 0 Å². The van der Waals surface area contributed by atoms with Gasteiger partial charge < -0.3 is 15.7 Å². The zero-order valence-corrected chi connectivity index (χ0v) is 12.7. The number of carbonyl (C=O) groups is 2. The molecule has 0 aliphatic carbocycles. The second-order valence-corrected chi connectivity index (χ2v) is 4.94. The first-order chi connectivity index (χ1) is 10.1. The van der Waals surface area contributed by atoms with Crippen LogP contribution in [0.1, 0.15) is 32.3 Å². The van der Waals surface area contributed by atoms with Crippen molar-refractivity contribution >= 4 is 11.8 Å². The van der Waals surface area contributed by atoms with Crippen molar-refractivity contribution in [1.82, 2.24) is 10.6 Å². The number of benzene rings is 1. The number of rotatable bonds is 8. The molecule has 0 bridgehead atoms. The number of amides is 2. The predicted octanol–water partition coefficient (Wildman–Crippen LogP) is 0.969. The molecule has 0 aliphatic heterocycles. The summed E-state index contributed by atoms with van der Waals surface area (Å²) in [5.41, 5.74) is -1.10. The fraction of sp³-hybridized carbons (Fsp3) is 0.500. The summed E-state index contributed by atoms with van der Waals surface area (Å²) in [4.78, 5) is 25.1. The third-order valence-corrected chi connectivity index (χ3v) is 3.35. The summed E-state index contributed by atoms with van der Waals surface area (Å²) in [5.74, 6) is -0.932. The van der Waals surface area contributed by atoms with E-state index in [0.29, 0.717) is 18.7 Å². The van der Waals surface area contributed by atoms with Crippen LogP contribution < -0.4 is 10.6 Å². The van der Waals surface area contributed by atoms with Crippen molar-refractivity contribution in [3.05, 3.63) is 35.9 Å². The highest BCUT2D eigenvalue weighted by Gasteiger charge is 2.46. The van der Waals surface area contributed by atoms with Crippen LogP contribution in [0.2, 0.25) is 0 Å². The molecule has 0 radical (unpaired) electrons. The van der Waals surface area contributed by atoms with E-state index >= 15 is 0 Å². The van der Waals surface area contributed by atoms with E-state index in [1.54, 1.807) is 30.3 Å². The molecule has 5 heteroatoms. The Morgan fingerprint density at radius 3 is 1.86 bits per heavy atom. The first kappa shape index (κ1) is 17.2. The van der Waals surface area contributed by atoms with Crippen LogP contribution in [0.3, 0.4) is 0 Å². The van der Waals surface area contributed by atoms with E-state index in [0.717, 1.165) is 12.8 Å². The number of nitrogens with one attached hydrogen (secondary N) is 2. The van der Waals surface area contributed by atoms with Gasteiger partial charge in [0.2, 0.25) is 11.8 Å². The molecule has 0 heterocycles. The zero-order valence-electron chi connectivity index (χ0n) is 12.7. The molecule has 1 aromatic rings. The molecule has 0 aromatic heterocycles. The Labute approximate surface area is 125 Å². The van der Waals surface area contributed by atoms with E-state index in [-0.39, 0.29) is 0 Å². The Morgan fingerprint density at radius 1 is 1.00 bits per heavy atom. The molecule has 0 fully saturated rings. The largest absolute Gasteiger partial charge is 0.394 e. The van der Waals surface area contributed by atoms with Gasteiger partial charge in [-0.1, -0.05) is 44.2 Å². The van der Waals surface area contributed by atoms with Gasteiger partial charge in [-0.3, -0.25) is 9.59 Å². The van der Waals surface area contributed by atoms with Crippen LogP contribution in [0.15, 0.2) is 30.3 Å². The van der Waals surface area contributed by atoms with Crippen LogP contribution in [0, 0.1) is 0 Å². The second kappa shape index (κ2) is 8.42. The summed E-state index contributed by atoms with van der Waals surface area (Å²) in [7, 11) is 0. The SMILES string of the molecule is CCCNC(=O)C(CO)(C(=O)NCCC)c1ccccc1. The van der Waals surface area contributed by atoms with Gasteiger partial charge in [0.15, 0.2) is 5.41 Å². The molecule has 5 nitrogen and oxygen atoms in total. The smallest absolute Gasteiger partial charge is 0.242 e. The lowest BCUT2D eigenvalue weighted by Crippen LogP contribution is -2.57. The van der Waals surface area contributed by atoms with Crippen molar-refractivity contribution in [2.45, 2.75) is 32.1 Å². The summed E-state index contributed by atoms with van der Waals surface area (Å²) >= 11 is 0. The third kappa shape index (κ3) is 3.82. The topological polar surface area (TPSA) is 78.4 Å². The molecule has 0 saturated carbocycles. The molecular weight excluding hydrogens is 268 g/mol. The predicted molar refractivity (Wildman–Crippen MR) is 81.8 cm³/mol. The van der Waals surface area contributed by atoms with Crippen molar-refractivity contribution in [3.63, 3.8) is 0 Å². The van der Waals surface area contributed by atoms with Gasteiger partial charge in [-0.2, -0.15) is 0 Å². The third-order valence-electron chi connectivity index (χ3n) is 3.35. The summed E-state index contributed by atoms with van der Waals surface area (Å²) in [6, 6.07) is 8.68. The van der Waals surface area contributed by atoms with Crippen LogP contribution in [-0.4, -0.2) is 36.6 Å². The average molecular weight is 292 g/mol. The van der Waals surface area contributed by atoms with Gasteiger partial charge in [-0.05, 0) is 18.4 Å². The number of hydrogen-bond acceptors (Lipinski definition) is 3. The van der Waals surface area contributed by atoms with Gasteiger partial charge in [0.05, 0.1) is 6.61 Å². The molecule has 1 aromatic carbocycles. The van der Waals surface area contributed by atoms with E-state index in [4.69, 9.17) is 0 Å². The van der Waals surface area contributed by atoms with Crippen LogP contribution in [0.5, 0.6) is 0 Å². The molecule has 21 heavy (non-hydrogen) atoms. The highest BCUT2D eigenvalue weighted by atomic mass is 16.3. The van der Waals surface area contributed by atoms with Gasteiger partial charge in [-0.25, -0.2) is 0 Å². The van der Waals surface area contributed by atoms with E-state index in [1.165, 1.54) is 0 Å². The van der Waals surface area contributed by atoms with Gasteiger partial charge in [-0.15, -0.1) is 0 Å². The minimum absolute atomic E-state index is 0.466. The van der Waals surface area contributed by atoms with Gasteiger partial charge >= 0.3 is 0 Å². The minimum atomic E-state index is -1.59. The standard InChI is InChI=1S/C16H24N2O3/c1-3-10-17-14(20)16(12-19,15(21)18-11-4-2)13-8-6-5-7-9-13/h5-9,19H,3-4,10-12H2,1-2H3,(H,17,20)(H,18,21). The maximum Gasteiger partial charge on any atom is 0.242 e. The number of carbonyl (C=O) groups excluding carboxylic acids is 2. The fourth-order valence-corrected chi connectivity index (χ4v) is 2.10. The molecule has 1 rings (SSSR count). The average Bonchev–Trinajstić information content (AvgIpc) is 2.53. The van der Waals surface area contributed by atoms with Crippen molar-refractivity contribution in [1.29, 1.82) is 0 Å². The van der Waals surface area contributed by atoms with Gasteiger partial charge in [0.25, 0.3) is 0 Å². The van der Waals surface area contributed by atoms with Crippen molar-refractivity contribution in [2.75, 3.05) is 19.7 Å². The van der Waals surface area contributed by atoms with Crippen LogP contribution >= 0.6 is 0 Å². The van der Waals surface area contributed by atoms with Crippen LogP contribution in [-0.2, 0) is 15.0 Å². The Kier molecular flexibility index (Phi) is 6.88. The molecule has 0 spiro atoms. The summed E-state index contributed by atoms with van der Waals surface area (Å²) in [5, 5.41) is 15.3. The van der Waals surface area contributed by atoms with Crippen LogP contribution in [0.4, 0.5) is 0 Å². The summed E-state index contributed by atoms with van der Waals surface area (Å²) in [6.45, 7) is 4.23. The Balaban J connectivity index is 3.18. The number of hydrogen-bond donors (Lipinski definition) is 3. The molecule has 0 atom stereocenters. The van der Waals surface area contributed by atoms with E-state index in [2.05, 4.69) is 10.6 Å². The summed E-state index contributed by atoms with van der Waals surface area (Å²) in [6.07, 6.45) is 1.53. The monoisotopic (exact) mass is 292 g/mol. The zero-order chi connectivity index (χ0) is 15.7. The van der Waals surface area contributed by atoms with Crippen molar-refractivity contribution in [3.8, 4) is 0 Å². The highest BCUT2D eigenvalue weighted by molar-refractivity contribution is 6.11. The van der Waals surface area contributed by atoms with Gasteiger partial charge in [0.1, 0.15) is 0 Å². The molecule has 2 amide bonds. The molecule has 0 unspecified atom stereocenters. The normalized spacial score (nSPS) is 11.0. The minimum Gasteiger partial charge on any atom is -0.394 e. The number of aliphatic hydroxyl groups excluding tert-OH is 1. The fourth-order valence-electron chi connectivity index (χ4n) is 2.10.